The van der Waals surface area contributed by atoms with Gasteiger partial charge in [0.05, 0.1) is 0 Å². The predicted molar refractivity (Wildman–Crippen MR) is 88.4 cm³/mol. The fraction of sp³-hybridized carbons (Fsp3) is 0.429. The summed E-state index contributed by atoms with van der Waals surface area (Å²) in [4.78, 5) is 0.333. The fourth-order valence-electron chi connectivity index (χ4n) is 2.18. The smallest absolute Gasteiger partial charge is 0.243 e. The number of nitrogens with zero attached hydrogens (tertiary/aromatic N) is 1. The quantitative estimate of drug-likeness (QED) is 0.898. The van der Waals surface area contributed by atoms with Gasteiger partial charge >= 0.3 is 0 Å². The molecule has 0 aliphatic heterocycles. The van der Waals surface area contributed by atoms with Gasteiger partial charge in [0.15, 0.2) is 0 Å². The lowest BCUT2D eigenvalue weighted by Crippen LogP contribution is -2.45. The van der Waals surface area contributed by atoms with E-state index in [-0.39, 0.29) is 19.0 Å². The summed E-state index contributed by atoms with van der Waals surface area (Å²) in [5, 5.41) is 0.731. The topological polar surface area (TPSA) is 77.1 Å². The zero-order valence-electron chi connectivity index (χ0n) is 12.7. The Morgan fingerprint density at radius 1 is 1.29 bits per heavy atom. The van der Waals surface area contributed by atoms with E-state index < -0.39 is 15.6 Å². The summed E-state index contributed by atoms with van der Waals surface area (Å²) >= 11 is 0. The lowest BCUT2D eigenvalue weighted by Gasteiger charge is -2.19. The highest BCUT2D eigenvalue weighted by Gasteiger charge is 2.25. The Labute approximate surface area is 132 Å². The minimum atomic E-state index is -3.58. The van der Waals surface area contributed by atoms with E-state index in [1.807, 2.05) is 42.8 Å². The normalized spacial score (nSPS) is 12.4. The molecular formula is C14H22ClN3O2S. The molecule has 0 saturated carbocycles. The van der Waals surface area contributed by atoms with E-state index in [4.69, 9.17) is 5.73 Å². The van der Waals surface area contributed by atoms with Crippen LogP contribution in [0.25, 0.3) is 10.9 Å². The molecule has 0 aliphatic carbocycles. The molecule has 118 valence electrons. The van der Waals surface area contributed by atoms with Crippen molar-refractivity contribution >= 4 is 33.3 Å². The number of fused-ring (bicyclic) bond motifs is 1. The zero-order valence-corrected chi connectivity index (χ0v) is 14.3. The molecular weight excluding hydrogens is 310 g/mol. The first-order valence-electron chi connectivity index (χ1n) is 6.46. The van der Waals surface area contributed by atoms with Gasteiger partial charge < -0.3 is 10.3 Å². The minimum Gasteiger partial charge on any atom is -0.347 e. The van der Waals surface area contributed by atoms with Crippen LogP contribution in [0.5, 0.6) is 0 Å². The van der Waals surface area contributed by atoms with Gasteiger partial charge in [0.2, 0.25) is 10.0 Å². The van der Waals surface area contributed by atoms with Gasteiger partial charge in [-0.1, -0.05) is 18.2 Å². The maximum Gasteiger partial charge on any atom is 0.243 e. The Kier molecular flexibility index (Phi) is 5.10. The molecule has 2 aromatic rings. The van der Waals surface area contributed by atoms with Gasteiger partial charge in [0, 0.05) is 35.7 Å². The van der Waals surface area contributed by atoms with Crippen molar-refractivity contribution in [2.75, 3.05) is 6.54 Å². The highest BCUT2D eigenvalue weighted by atomic mass is 35.5. The molecule has 21 heavy (non-hydrogen) atoms. The van der Waals surface area contributed by atoms with Crippen molar-refractivity contribution in [3.63, 3.8) is 0 Å². The number of benzene rings is 1. The molecule has 0 atom stereocenters. The standard InChI is InChI=1S/C14H21N3O2S.ClH/c1-10-13(20(18,19)16-9-14(2,3)15)11-7-5-6-8-12(11)17(10)4;/h5-8,16H,9,15H2,1-4H3;1H. The SMILES string of the molecule is Cc1c(S(=O)(=O)NCC(C)(C)N)c2ccccc2n1C.Cl. The highest BCUT2D eigenvalue weighted by Crippen LogP contribution is 2.28. The van der Waals surface area contributed by atoms with Gasteiger partial charge in [0.1, 0.15) is 4.90 Å². The van der Waals surface area contributed by atoms with Crippen molar-refractivity contribution in [2.45, 2.75) is 31.2 Å². The number of para-hydroxylation sites is 1. The Balaban J connectivity index is 0.00000220. The van der Waals surface area contributed by atoms with Crippen molar-refractivity contribution in [3.05, 3.63) is 30.0 Å². The Morgan fingerprint density at radius 3 is 2.43 bits per heavy atom. The molecule has 0 fully saturated rings. The van der Waals surface area contributed by atoms with Crippen LogP contribution in [0.1, 0.15) is 19.5 Å². The molecule has 0 saturated heterocycles. The molecule has 0 amide bonds. The van der Waals surface area contributed by atoms with E-state index in [9.17, 15) is 8.42 Å². The summed E-state index contributed by atoms with van der Waals surface area (Å²) in [5.74, 6) is 0. The van der Waals surface area contributed by atoms with Crippen molar-refractivity contribution < 1.29 is 8.42 Å². The molecule has 7 heteroatoms. The molecule has 0 spiro atoms. The Morgan fingerprint density at radius 2 is 1.86 bits per heavy atom. The maximum atomic E-state index is 12.5. The molecule has 0 bridgehead atoms. The Bertz CT molecular complexity index is 745. The molecule has 3 N–H and O–H groups in total. The van der Waals surface area contributed by atoms with Crippen molar-refractivity contribution in [1.82, 2.24) is 9.29 Å². The van der Waals surface area contributed by atoms with Gasteiger partial charge in [-0.05, 0) is 26.8 Å². The second-order valence-electron chi connectivity index (χ2n) is 5.80. The largest absolute Gasteiger partial charge is 0.347 e. The number of nitrogens with one attached hydrogen (secondary N) is 1. The summed E-state index contributed by atoms with van der Waals surface area (Å²) in [6, 6.07) is 7.47. The van der Waals surface area contributed by atoms with Crippen LogP contribution in [0, 0.1) is 6.92 Å². The average Bonchev–Trinajstić information content (AvgIpc) is 2.60. The monoisotopic (exact) mass is 331 g/mol. The highest BCUT2D eigenvalue weighted by molar-refractivity contribution is 7.89. The van der Waals surface area contributed by atoms with Crippen LogP contribution in [0.2, 0.25) is 0 Å². The number of hydrogen-bond acceptors (Lipinski definition) is 3. The van der Waals surface area contributed by atoms with Crippen LogP contribution >= 0.6 is 12.4 Å². The molecule has 0 radical (unpaired) electrons. The lowest BCUT2D eigenvalue weighted by molar-refractivity contribution is 0.498. The van der Waals surface area contributed by atoms with Gasteiger partial charge in [-0.2, -0.15) is 0 Å². The van der Waals surface area contributed by atoms with E-state index in [0.29, 0.717) is 10.6 Å². The fourth-order valence-corrected chi connectivity index (χ4v) is 3.87. The molecule has 0 aliphatic rings. The van der Waals surface area contributed by atoms with E-state index in [1.54, 1.807) is 13.8 Å². The van der Waals surface area contributed by atoms with E-state index in [1.165, 1.54) is 0 Å². The maximum absolute atomic E-state index is 12.5. The molecule has 1 aromatic carbocycles. The first-order chi connectivity index (χ1) is 9.13. The summed E-state index contributed by atoms with van der Waals surface area (Å²) < 4.78 is 29.6. The summed E-state index contributed by atoms with van der Waals surface area (Å²) in [6.45, 7) is 5.57. The van der Waals surface area contributed by atoms with Crippen molar-refractivity contribution in [3.8, 4) is 0 Å². The summed E-state index contributed by atoms with van der Waals surface area (Å²) in [7, 11) is -1.72. The number of hydrogen-bond donors (Lipinski definition) is 2. The Hall–Kier alpha value is -1.08. The number of aromatic nitrogens is 1. The second kappa shape index (κ2) is 5.96. The number of nitrogens with two attached hydrogens (primary N) is 1. The van der Waals surface area contributed by atoms with Crippen LogP contribution in [-0.2, 0) is 17.1 Å². The summed E-state index contributed by atoms with van der Waals surface area (Å²) in [6.07, 6.45) is 0. The first-order valence-corrected chi connectivity index (χ1v) is 7.94. The number of aryl methyl sites for hydroxylation is 1. The lowest BCUT2D eigenvalue weighted by atomic mass is 10.1. The zero-order chi connectivity index (χ0) is 15.1. The third kappa shape index (κ3) is 3.58. The summed E-state index contributed by atoms with van der Waals surface area (Å²) in [5.41, 5.74) is 6.87. The molecule has 2 rings (SSSR count). The third-order valence-electron chi connectivity index (χ3n) is 3.33. The molecule has 1 aromatic heterocycles. The average molecular weight is 332 g/mol. The van der Waals surface area contributed by atoms with Crippen LogP contribution in [0.3, 0.4) is 0 Å². The number of sulfonamides is 1. The van der Waals surface area contributed by atoms with E-state index in [2.05, 4.69) is 4.72 Å². The molecule has 0 unspecified atom stereocenters. The van der Waals surface area contributed by atoms with Crippen LogP contribution in [0.15, 0.2) is 29.2 Å². The van der Waals surface area contributed by atoms with Crippen molar-refractivity contribution in [1.29, 1.82) is 0 Å². The predicted octanol–water partition coefficient (Wildman–Crippen LogP) is 1.92. The minimum absolute atomic E-state index is 0. The van der Waals surface area contributed by atoms with E-state index in [0.717, 1.165) is 10.9 Å². The third-order valence-corrected chi connectivity index (χ3v) is 4.91. The number of halogens is 1. The van der Waals surface area contributed by atoms with E-state index >= 15 is 0 Å². The van der Waals surface area contributed by atoms with Gasteiger partial charge in [-0.3, -0.25) is 0 Å². The first kappa shape index (κ1) is 18.0. The van der Waals surface area contributed by atoms with Crippen LogP contribution < -0.4 is 10.5 Å². The van der Waals surface area contributed by atoms with Gasteiger partial charge in [-0.15, -0.1) is 12.4 Å². The van der Waals surface area contributed by atoms with Gasteiger partial charge in [0.25, 0.3) is 0 Å². The van der Waals surface area contributed by atoms with Crippen LogP contribution in [0.4, 0.5) is 0 Å². The van der Waals surface area contributed by atoms with Gasteiger partial charge in [-0.25, -0.2) is 13.1 Å². The van der Waals surface area contributed by atoms with Crippen LogP contribution in [-0.4, -0.2) is 25.1 Å². The molecule has 1 heterocycles. The second-order valence-corrected chi connectivity index (χ2v) is 7.51. The number of rotatable bonds is 4. The van der Waals surface area contributed by atoms with Crippen molar-refractivity contribution in [2.24, 2.45) is 12.8 Å². The molecule has 5 nitrogen and oxygen atoms in total.